The summed E-state index contributed by atoms with van der Waals surface area (Å²) in [7, 11) is 0. The number of amides is 1. The van der Waals surface area contributed by atoms with E-state index < -0.39 is 0 Å². The molecule has 2 rings (SSSR count). The number of hydrogen-bond donors (Lipinski definition) is 1. The first kappa shape index (κ1) is 14.9. The SMILES string of the molecule is CCOC(=O)NC1CCCN(Cc2cccc(C)c2)C1. The Kier molecular flexibility index (Phi) is 5.41. The summed E-state index contributed by atoms with van der Waals surface area (Å²) in [5.74, 6) is 0. The van der Waals surface area contributed by atoms with Crippen LogP contribution in [-0.2, 0) is 11.3 Å². The van der Waals surface area contributed by atoms with Gasteiger partial charge in [-0.25, -0.2) is 4.79 Å². The van der Waals surface area contributed by atoms with E-state index in [1.807, 2.05) is 6.92 Å². The van der Waals surface area contributed by atoms with Gasteiger partial charge in [0.2, 0.25) is 0 Å². The van der Waals surface area contributed by atoms with Gasteiger partial charge in [0, 0.05) is 19.1 Å². The highest BCUT2D eigenvalue weighted by Crippen LogP contribution is 2.14. The molecule has 0 radical (unpaired) electrons. The zero-order valence-corrected chi connectivity index (χ0v) is 12.4. The standard InChI is InChI=1S/C16H24N2O2/c1-3-20-16(19)17-15-8-5-9-18(12-15)11-14-7-4-6-13(2)10-14/h4,6-7,10,15H,3,5,8-9,11-12H2,1-2H3,(H,17,19). The summed E-state index contributed by atoms with van der Waals surface area (Å²) >= 11 is 0. The number of aryl methyl sites for hydroxylation is 1. The quantitative estimate of drug-likeness (QED) is 0.919. The molecule has 1 amide bonds. The highest BCUT2D eigenvalue weighted by molar-refractivity contribution is 5.67. The molecule has 0 bridgehead atoms. The van der Waals surface area contributed by atoms with Crippen molar-refractivity contribution in [1.29, 1.82) is 0 Å². The van der Waals surface area contributed by atoms with Crippen molar-refractivity contribution in [2.24, 2.45) is 0 Å². The van der Waals surface area contributed by atoms with E-state index >= 15 is 0 Å². The number of carbonyl (C=O) groups excluding carboxylic acids is 1. The number of rotatable bonds is 4. The monoisotopic (exact) mass is 276 g/mol. The Morgan fingerprint density at radius 2 is 2.35 bits per heavy atom. The van der Waals surface area contributed by atoms with Gasteiger partial charge in [-0.05, 0) is 38.8 Å². The second kappa shape index (κ2) is 7.29. The van der Waals surface area contributed by atoms with Crippen molar-refractivity contribution >= 4 is 6.09 Å². The maximum Gasteiger partial charge on any atom is 0.407 e. The largest absolute Gasteiger partial charge is 0.450 e. The predicted molar refractivity (Wildman–Crippen MR) is 79.6 cm³/mol. The second-order valence-corrected chi connectivity index (χ2v) is 5.43. The van der Waals surface area contributed by atoms with Gasteiger partial charge in [-0.3, -0.25) is 4.90 Å². The summed E-state index contributed by atoms with van der Waals surface area (Å²) in [4.78, 5) is 13.9. The molecule has 1 fully saturated rings. The average Bonchev–Trinajstić information content (AvgIpc) is 2.39. The van der Waals surface area contributed by atoms with Crippen LogP contribution in [0.2, 0.25) is 0 Å². The van der Waals surface area contributed by atoms with Gasteiger partial charge in [-0.1, -0.05) is 29.8 Å². The van der Waals surface area contributed by atoms with E-state index in [2.05, 4.69) is 41.4 Å². The summed E-state index contributed by atoms with van der Waals surface area (Å²) < 4.78 is 4.95. The zero-order chi connectivity index (χ0) is 14.4. The molecular weight excluding hydrogens is 252 g/mol. The Balaban J connectivity index is 1.85. The number of nitrogens with one attached hydrogen (secondary N) is 1. The molecule has 1 heterocycles. The molecule has 0 aliphatic carbocycles. The number of alkyl carbamates (subject to hydrolysis) is 1. The molecule has 1 aliphatic rings. The van der Waals surface area contributed by atoms with Crippen LogP contribution in [0.25, 0.3) is 0 Å². The number of carbonyl (C=O) groups is 1. The van der Waals surface area contributed by atoms with E-state index in [9.17, 15) is 4.79 Å². The number of hydrogen-bond acceptors (Lipinski definition) is 3. The van der Waals surface area contributed by atoms with E-state index in [4.69, 9.17) is 4.74 Å². The Morgan fingerprint density at radius 1 is 1.50 bits per heavy atom. The Labute approximate surface area is 121 Å². The third-order valence-corrected chi connectivity index (χ3v) is 3.59. The number of piperidine rings is 1. The Hall–Kier alpha value is -1.55. The molecule has 1 atom stereocenters. The van der Waals surface area contributed by atoms with Crippen molar-refractivity contribution in [3.63, 3.8) is 0 Å². The lowest BCUT2D eigenvalue weighted by molar-refractivity contribution is 0.132. The number of benzene rings is 1. The van der Waals surface area contributed by atoms with Crippen LogP contribution in [0.5, 0.6) is 0 Å². The number of nitrogens with zero attached hydrogens (tertiary/aromatic N) is 1. The third kappa shape index (κ3) is 4.53. The normalized spacial score (nSPS) is 19.6. The lowest BCUT2D eigenvalue weighted by Crippen LogP contribution is -2.47. The molecule has 4 nitrogen and oxygen atoms in total. The topological polar surface area (TPSA) is 41.6 Å². The Bertz CT molecular complexity index is 448. The van der Waals surface area contributed by atoms with Gasteiger partial charge in [-0.15, -0.1) is 0 Å². The van der Waals surface area contributed by atoms with Gasteiger partial charge in [0.05, 0.1) is 6.61 Å². The number of ether oxygens (including phenoxy) is 1. The van der Waals surface area contributed by atoms with Crippen LogP contribution in [0.4, 0.5) is 4.79 Å². The maximum atomic E-state index is 11.5. The fraction of sp³-hybridized carbons (Fsp3) is 0.562. The Morgan fingerprint density at radius 3 is 3.10 bits per heavy atom. The zero-order valence-electron chi connectivity index (χ0n) is 12.4. The molecule has 1 N–H and O–H groups in total. The van der Waals surface area contributed by atoms with Gasteiger partial charge in [0.1, 0.15) is 0 Å². The molecule has 1 saturated heterocycles. The molecule has 0 aromatic heterocycles. The fourth-order valence-electron chi connectivity index (χ4n) is 2.73. The third-order valence-electron chi connectivity index (χ3n) is 3.59. The molecule has 110 valence electrons. The first-order valence-electron chi connectivity index (χ1n) is 7.38. The van der Waals surface area contributed by atoms with Crippen LogP contribution < -0.4 is 5.32 Å². The fourth-order valence-corrected chi connectivity index (χ4v) is 2.73. The molecule has 4 heteroatoms. The lowest BCUT2D eigenvalue weighted by Gasteiger charge is -2.32. The maximum absolute atomic E-state index is 11.5. The molecule has 1 unspecified atom stereocenters. The summed E-state index contributed by atoms with van der Waals surface area (Å²) in [5.41, 5.74) is 2.63. The number of likely N-dealkylation sites (tertiary alicyclic amines) is 1. The average molecular weight is 276 g/mol. The first-order valence-corrected chi connectivity index (χ1v) is 7.38. The van der Waals surface area contributed by atoms with E-state index in [1.165, 1.54) is 11.1 Å². The smallest absolute Gasteiger partial charge is 0.407 e. The summed E-state index contributed by atoms with van der Waals surface area (Å²) in [6.45, 7) is 7.30. The van der Waals surface area contributed by atoms with Crippen molar-refractivity contribution in [2.45, 2.75) is 39.3 Å². The molecule has 0 saturated carbocycles. The van der Waals surface area contributed by atoms with Crippen LogP contribution in [0.15, 0.2) is 24.3 Å². The molecule has 0 spiro atoms. The lowest BCUT2D eigenvalue weighted by atomic mass is 10.0. The molecule has 20 heavy (non-hydrogen) atoms. The highest BCUT2D eigenvalue weighted by Gasteiger charge is 2.21. The predicted octanol–water partition coefficient (Wildman–Crippen LogP) is 2.71. The van der Waals surface area contributed by atoms with Crippen molar-refractivity contribution < 1.29 is 9.53 Å². The van der Waals surface area contributed by atoms with E-state index in [1.54, 1.807) is 0 Å². The van der Waals surface area contributed by atoms with Crippen molar-refractivity contribution in [3.8, 4) is 0 Å². The van der Waals surface area contributed by atoms with E-state index in [0.29, 0.717) is 6.61 Å². The minimum atomic E-state index is -0.296. The second-order valence-electron chi connectivity index (χ2n) is 5.43. The highest BCUT2D eigenvalue weighted by atomic mass is 16.5. The molecule has 1 aromatic rings. The van der Waals surface area contributed by atoms with Gasteiger partial charge in [0.25, 0.3) is 0 Å². The summed E-state index contributed by atoms with van der Waals surface area (Å²) in [6, 6.07) is 8.80. The van der Waals surface area contributed by atoms with Crippen molar-refractivity contribution in [3.05, 3.63) is 35.4 Å². The van der Waals surface area contributed by atoms with Gasteiger partial charge in [0.15, 0.2) is 0 Å². The minimum Gasteiger partial charge on any atom is -0.450 e. The summed E-state index contributed by atoms with van der Waals surface area (Å²) in [6.07, 6.45) is 1.85. The van der Waals surface area contributed by atoms with Crippen molar-refractivity contribution in [2.75, 3.05) is 19.7 Å². The molecular formula is C16H24N2O2. The van der Waals surface area contributed by atoms with Crippen LogP contribution in [0.1, 0.15) is 30.9 Å². The molecule has 1 aliphatic heterocycles. The van der Waals surface area contributed by atoms with E-state index in [-0.39, 0.29) is 12.1 Å². The summed E-state index contributed by atoms with van der Waals surface area (Å²) in [5, 5.41) is 2.94. The van der Waals surface area contributed by atoms with Gasteiger partial charge < -0.3 is 10.1 Å². The van der Waals surface area contributed by atoms with Crippen LogP contribution in [0.3, 0.4) is 0 Å². The van der Waals surface area contributed by atoms with E-state index in [0.717, 1.165) is 32.5 Å². The molecule has 1 aromatic carbocycles. The van der Waals surface area contributed by atoms with Crippen LogP contribution in [-0.4, -0.2) is 36.7 Å². The van der Waals surface area contributed by atoms with Crippen LogP contribution in [0, 0.1) is 6.92 Å². The van der Waals surface area contributed by atoms with Gasteiger partial charge >= 0.3 is 6.09 Å². The van der Waals surface area contributed by atoms with Gasteiger partial charge in [-0.2, -0.15) is 0 Å². The van der Waals surface area contributed by atoms with Crippen molar-refractivity contribution in [1.82, 2.24) is 10.2 Å². The first-order chi connectivity index (χ1) is 9.67. The van der Waals surface area contributed by atoms with Crippen LogP contribution >= 0.6 is 0 Å². The minimum absolute atomic E-state index is 0.201.